The van der Waals surface area contributed by atoms with E-state index in [1.54, 1.807) is 60.7 Å². The summed E-state index contributed by atoms with van der Waals surface area (Å²) in [6.45, 7) is 0. The Hall–Kier alpha value is -2.10. The molecule has 2 aromatic rings. The van der Waals surface area contributed by atoms with Crippen LogP contribution in [0.5, 0.6) is 0 Å². The van der Waals surface area contributed by atoms with Gasteiger partial charge in [-0.05, 0) is 24.3 Å². The zero-order chi connectivity index (χ0) is 12.8. The normalized spacial score (nSPS) is 9.05. The molecule has 0 atom stereocenters. The van der Waals surface area contributed by atoms with E-state index in [0.29, 0.717) is 11.1 Å². The van der Waals surface area contributed by atoms with Gasteiger partial charge in [-0.25, -0.2) is 19.4 Å². The van der Waals surface area contributed by atoms with E-state index >= 15 is 0 Å². The van der Waals surface area contributed by atoms with Gasteiger partial charge in [0.1, 0.15) is 0 Å². The summed E-state index contributed by atoms with van der Waals surface area (Å²) in [6.07, 6.45) is 0. The molecule has 1 radical (unpaired) electrons. The minimum absolute atomic E-state index is 0. The van der Waals surface area contributed by atoms with Crippen LogP contribution in [0.4, 0.5) is 0 Å². The topological polar surface area (TPSA) is 52.6 Å². The summed E-state index contributed by atoms with van der Waals surface area (Å²) in [4.78, 5) is 31.9. The van der Waals surface area contributed by atoms with E-state index in [0.717, 1.165) is 0 Å². The zero-order valence-corrected chi connectivity index (χ0v) is 10.6. The molecule has 0 saturated carbocycles. The Kier molecular flexibility index (Phi) is 5.79. The molecule has 0 fully saturated rings. The standard InChI is InChI=1S/C14H10O4.Cu/c15-13(11-7-3-1-4-8-11)17-18-14(16)12-9-5-2-6-10-12;/h1-10H;. The summed E-state index contributed by atoms with van der Waals surface area (Å²) in [6, 6.07) is 16.6. The summed E-state index contributed by atoms with van der Waals surface area (Å²) in [5.41, 5.74) is 0.636. The van der Waals surface area contributed by atoms with Crippen molar-refractivity contribution in [3.63, 3.8) is 0 Å². The Bertz CT molecular complexity index is 488. The molecule has 0 amide bonds. The van der Waals surface area contributed by atoms with Crippen molar-refractivity contribution in [2.75, 3.05) is 0 Å². The maximum absolute atomic E-state index is 11.5. The first-order valence-corrected chi connectivity index (χ1v) is 5.30. The van der Waals surface area contributed by atoms with Gasteiger partial charge in [-0.3, -0.25) is 0 Å². The van der Waals surface area contributed by atoms with Crippen LogP contribution in [0.2, 0.25) is 0 Å². The van der Waals surface area contributed by atoms with Crippen LogP contribution in [0.3, 0.4) is 0 Å². The van der Waals surface area contributed by atoms with E-state index in [-0.39, 0.29) is 17.1 Å². The second-order valence-electron chi connectivity index (χ2n) is 3.47. The summed E-state index contributed by atoms with van der Waals surface area (Å²) < 4.78 is 0. The van der Waals surface area contributed by atoms with Gasteiger partial charge in [-0.15, -0.1) is 0 Å². The number of benzene rings is 2. The molecule has 0 saturated heterocycles. The predicted molar refractivity (Wildman–Crippen MR) is 63.7 cm³/mol. The van der Waals surface area contributed by atoms with Crippen LogP contribution < -0.4 is 0 Å². The van der Waals surface area contributed by atoms with Crippen LogP contribution in [0, 0.1) is 0 Å². The minimum atomic E-state index is -0.708. The van der Waals surface area contributed by atoms with Gasteiger partial charge < -0.3 is 0 Å². The van der Waals surface area contributed by atoms with Gasteiger partial charge in [-0.2, -0.15) is 0 Å². The molecule has 0 unspecified atom stereocenters. The molecule has 0 bridgehead atoms. The van der Waals surface area contributed by atoms with Crippen LogP contribution in [-0.4, -0.2) is 11.9 Å². The number of hydrogen-bond donors (Lipinski definition) is 0. The van der Waals surface area contributed by atoms with E-state index < -0.39 is 11.9 Å². The summed E-state index contributed by atoms with van der Waals surface area (Å²) in [7, 11) is 0. The molecule has 101 valence electrons. The van der Waals surface area contributed by atoms with Gasteiger partial charge in [-0.1, -0.05) is 36.4 Å². The number of carbonyl (C=O) groups excluding carboxylic acids is 2. The first kappa shape index (κ1) is 15.0. The second kappa shape index (κ2) is 7.36. The second-order valence-corrected chi connectivity index (χ2v) is 3.47. The van der Waals surface area contributed by atoms with Gasteiger partial charge in [0, 0.05) is 17.1 Å². The van der Waals surface area contributed by atoms with E-state index in [1.165, 1.54) is 0 Å². The fraction of sp³-hybridized carbons (Fsp3) is 0. The SMILES string of the molecule is O=C(OOC(=O)c1ccccc1)c1ccccc1.[Cu]. The maximum atomic E-state index is 11.5. The quantitative estimate of drug-likeness (QED) is 0.486. The predicted octanol–water partition coefficient (Wildman–Crippen LogP) is 2.61. The Morgan fingerprint density at radius 2 is 0.947 bits per heavy atom. The third-order valence-corrected chi connectivity index (χ3v) is 2.21. The van der Waals surface area contributed by atoms with Crippen LogP contribution in [-0.2, 0) is 26.8 Å². The smallest absolute Gasteiger partial charge is 0.242 e. The third kappa shape index (κ3) is 4.25. The Morgan fingerprint density at radius 1 is 0.632 bits per heavy atom. The molecular weight excluding hydrogens is 296 g/mol. The van der Waals surface area contributed by atoms with Crippen molar-refractivity contribution in [2.24, 2.45) is 0 Å². The molecule has 4 nitrogen and oxygen atoms in total. The molecule has 0 heterocycles. The van der Waals surface area contributed by atoms with E-state index in [1.807, 2.05) is 0 Å². The molecule has 2 rings (SSSR count). The molecule has 19 heavy (non-hydrogen) atoms. The van der Waals surface area contributed by atoms with Crippen molar-refractivity contribution in [3.8, 4) is 0 Å². The third-order valence-electron chi connectivity index (χ3n) is 2.21. The zero-order valence-electron chi connectivity index (χ0n) is 9.71. The molecule has 5 heteroatoms. The average molecular weight is 306 g/mol. The van der Waals surface area contributed by atoms with Gasteiger partial charge in [0.25, 0.3) is 0 Å². The van der Waals surface area contributed by atoms with Crippen LogP contribution in [0.25, 0.3) is 0 Å². The van der Waals surface area contributed by atoms with Crippen molar-refractivity contribution in [2.45, 2.75) is 0 Å². The summed E-state index contributed by atoms with van der Waals surface area (Å²) in [5.74, 6) is -1.42. The van der Waals surface area contributed by atoms with E-state index in [4.69, 9.17) is 0 Å². The van der Waals surface area contributed by atoms with Gasteiger partial charge >= 0.3 is 11.9 Å². The number of rotatable bonds is 2. The molecule has 0 aliphatic rings. The van der Waals surface area contributed by atoms with Crippen molar-refractivity contribution in [1.29, 1.82) is 0 Å². The van der Waals surface area contributed by atoms with Gasteiger partial charge in [0.15, 0.2) is 0 Å². The Morgan fingerprint density at radius 3 is 1.26 bits per heavy atom. The first-order chi connectivity index (χ1) is 8.77. The van der Waals surface area contributed by atoms with Crippen molar-refractivity contribution < 1.29 is 36.4 Å². The van der Waals surface area contributed by atoms with Gasteiger partial charge in [0.2, 0.25) is 0 Å². The molecule has 0 aliphatic carbocycles. The fourth-order valence-electron chi connectivity index (χ4n) is 1.32. The number of hydrogen-bond acceptors (Lipinski definition) is 4. The van der Waals surface area contributed by atoms with Crippen molar-refractivity contribution in [3.05, 3.63) is 71.8 Å². The van der Waals surface area contributed by atoms with Crippen LogP contribution >= 0.6 is 0 Å². The molecule has 0 aliphatic heterocycles. The minimum Gasteiger partial charge on any atom is -0.242 e. The van der Waals surface area contributed by atoms with Crippen LogP contribution in [0.1, 0.15) is 20.7 Å². The van der Waals surface area contributed by atoms with E-state index in [2.05, 4.69) is 9.78 Å². The Balaban J connectivity index is 0.00000180. The first-order valence-electron chi connectivity index (χ1n) is 5.30. The molecule has 0 N–H and O–H groups in total. The fourth-order valence-corrected chi connectivity index (χ4v) is 1.32. The van der Waals surface area contributed by atoms with Crippen molar-refractivity contribution >= 4 is 11.9 Å². The summed E-state index contributed by atoms with van der Waals surface area (Å²) in [5, 5.41) is 0. The van der Waals surface area contributed by atoms with Gasteiger partial charge in [0.05, 0.1) is 11.1 Å². The molecule has 0 aromatic heterocycles. The number of carbonyl (C=O) groups is 2. The largest absolute Gasteiger partial charge is 0.386 e. The molecular formula is C14H10CuO4. The van der Waals surface area contributed by atoms with Crippen molar-refractivity contribution in [1.82, 2.24) is 0 Å². The molecule has 2 aromatic carbocycles. The molecule has 0 spiro atoms. The monoisotopic (exact) mass is 305 g/mol. The Labute approximate surface area is 120 Å². The van der Waals surface area contributed by atoms with E-state index in [9.17, 15) is 9.59 Å². The average Bonchev–Trinajstić information content (AvgIpc) is 2.46. The summed E-state index contributed by atoms with van der Waals surface area (Å²) >= 11 is 0. The maximum Gasteiger partial charge on any atom is 0.386 e. The van der Waals surface area contributed by atoms with Crippen LogP contribution in [0.15, 0.2) is 60.7 Å².